The zero-order valence-electron chi connectivity index (χ0n) is 21.8. The molecule has 1 amide bonds. The highest BCUT2D eigenvalue weighted by Crippen LogP contribution is 2.26. The van der Waals surface area contributed by atoms with Crippen LogP contribution in [0.5, 0.6) is 0 Å². The summed E-state index contributed by atoms with van der Waals surface area (Å²) in [6.07, 6.45) is 7.18. The Balaban J connectivity index is 4.98. The second-order valence-electron chi connectivity index (χ2n) is 9.66. The van der Waals surface area contributed by atoms with E-state index in [1.165, 1.54) is 6.42 Å². The fraction of sp³-hybridized carbons (Fsp3) is 0.840. The van der Waals surface area contributed by atoms with E-state index in [2.05, 4.69) is 12.2 Å². The van der Waals surface area contributed by atoms with Crippen molar-refractivity contribution in [1.82, 2.24) is 5.32 Å². The zero-order valence-corrected chi connectivity index (χ0v) is 21.8. The first-order valence-electron chi connectivity index (χ1n) is 12.9. The van der Waals surface area contributed by atoms with E-state index >= 15 is 0 Å². The zero-order chi connectivity index (χ0) is 26.7. The van der Waals surface area contributed by atoms with E-state index in [-0.39, 0.29) is 32.0 Å². The Kier molecular flexibility index (Phi) is 17.8. The monoisotopic (exact) mass is 501 g/mol. The average molecular weight is 502 g/mol. The molecule has 0 aliphatic rings. The third-order valence-electron chi connectivity index (χ3n) is 5.66. The molecule has 35 heavy (non-hydrogen) atoms. The molecule has 10 heteroatoms. The minimum Gasteiger partial charge on any atom is -0.481 e. The molecule has 0 saturated heterocycles. The molecule has 0 heterocycles. The summed E-state index contributed by atoms with van der Waals surface area (Å²) in [5.41, 5.74) is 10.4. The lowest BCUT2D eigenvalue weighted by atomic mass is 9.86. The van der Waals surface area contributed by atoms with Gasteiger partial charge in [-0.05, 0) is 32.2 Å². The molecule has 0 aliphatic heterocycles. The van der Waals surface area contributed by atoms with Crippen LogP contribution in [0.25, 0.3) is 0 Å². The average Bonchev–Trinajstić information content (AvgIpc) is 2.80. The first-order chi connectivity index (χ1) is 16.5. The third kappa shape index (κ3) is 16.2. The second-order valence-corrected chi connectivity index (χ2v) is 9.66. The Morgan fingerprint density at radius 3 is 2.23 bits per heavy atom. The summed E-state index contributed by atoms with van der Waals surface area (Å²) in [5, 5.41) is 11.4. The van der Waals surface area contributed by atoms with Crippen molar-refractivity contribution in [3.63, 3.8) is 0 Å². The van der Waals surface area contributed by atoms with Crippen molar-refractivity contribution in [2.24, 2.45) is 16.9 Å². The summed E-state index contributed by atoms with van der Waals surface area (Å²) in [6.45, 7) is 5.95. The molecule has 0 rings (SSSR count). The van der Waals surface area contributed by atoms with Crippen molar-refractivity contribution in [2.75, 3.05) is 19.7 Å². The predicted octanol–water partition coefficient (Wildman–Crippen LogP) is 2.66. The quantitative estimate of drug-likeness (QED) is 0.136. The van der Waals surface area contributed by atoms with Crippen molar-refractivity contribution in [3.8, 4) is 0 Å². The van der Waals surface area contributed by atoms with Gasteiger partial charge in [0.05, 0.1) is 0 Å². The van der Waals surface area contributed by atoms with E-state index in [4.69, 9.17) is 26.0 Å². The summed E-state index contributed by atoms with van der Waals surface area (Å²) in [6, 6.07) is -0.907. The molecule has 204 valence electrons. The normalized spacial score (nSPS) is 13.1. The number of amides is 1. The van der Waals surface area contributed by atoms with Crippen LogP contribution in [0.3, 0.4) is 0 Å². The molecule has 10 nitrogen and oxygen atoms in total. The van der Waals surface area contributed by atoms with E-state index < -0.39 is 35.4 Å². The van der Waals surface area contributed by atoms with Gasteiger partial charge in [0.25, 0.3) is 5.91 Å². The van der Waals surface area contributed by atoms with Crippen LogP contribution in [0, 0.1) is 5.41 Å². The number of rotatable bonds is 21. The lowest BCUT2D eigenvalue weighted by Crippen LogP contribution is -2.51. The van der Waals surface area contributed by atoms with Crippen LogP contribution >= 0.6 is 0 Å². The van der Waals surface area contributed by atoms with Gasteiger partial charge in [-0.3, -0.25) is 19.2 Å². The number of carbonyl (C=O) groups excluding carboxylic acids is 3. The fourth-order valence-electron chi connectivity index (χ4n) is 3.41. The Bertz CT molecular complexity index is 641. The minimum atomic E-state index is -1.26. The van der Waals surface area contributed by atoms with Gasteiger partial charge >= 0.3 is 17.9 Å². The number of carboxylic acid groups (broad SMARTS) is 1. The van der Waals surface area contributed by atoms with Gasteiger partial charge in [0.1, 0.15) is 12.6 Å². The van der Waals surface area contributed by atoms with Gasteiger partial charge in [-0.1, -0.05) is 59.3 Å². The molecule has 0 fully saturated rings. The smallest absolute Gasteiger partial charge is 0.323 e. The number of nitrogens with one attached hydrogen (secondary N) is 1. The number of esters is 2. The summed E-state index contributed by atoms with van der Waals surface area (Å²) < 4.78 is 10.9. The van der Waals surface area contributed by atoms with Crippen LogP contribution in [0.15, 0.2) is 0 Å². The number of hydrogen-bond acceptors (Lipinski definition) is 8. The maximum Gasteiger partial charge on any atom is 0.323 e. The SMILES string of the molecule is CCCCCCCCC(=O)OCC(C)(C)C(OC(=O)[C@@H](N)CCCCN)C(=O)NCCCC(=O)O. The molecule has 0 radical (unpaired) electrons. The maximum absolute atomic E-state index is 12.9. The molecule has 0 aromatic rings. The van der Waals surface area contributed by atoms with E-state index in [9.17, 15) is 19.2 Å². The van der Waals surface area contributed by atoms with Gasteiger partial charge in [-0.15, -0.1) is 0 Å². The van der Waals surface area contributed by atoms with Crippen LogP contribution in [-0.4, -0.2) is 60.8 Å². The number of aliphatic carboxylic acids is 1. The molecule has 0 spiro atoms. The Morgan fingerprint density at radius 2 is 1.60 bits per heavy atom. The van der Waals surface area contributed by atoms with Crippen LogP contribution in [-0.2, 0) is 28.7 Å². The van der Waals surface area contributed by atoms with E-state index in [0.717, 1.165) is 32.1 Å². The van der Waals surface area contributed by atoms with Gasteiger partial charge in [-0.25, -0.2) is 0 Å². The third-order valence-corrected chi connectivity index (χ3v) is 5.66. The molecule has 0 bridgehead atoms. The van der Waals surface area contributed by atoms with Gasteiger partial charge in [0, 0.05) is 24.8 Å². The standard InChI is InChI=1S/C25H47N3O7/c1-4-5-6-7-8-9-15-21(31)34-18-25(2,3)22(23(32)28-17-12-14-20(29)30)35-24(33)19(27)13-10-11-16-26/h19,22H,4-18,26-27H2,1-3H3,(H,28,32)(H,29,30)/t19-,22?/m0/s1. The molecular formula is C25H47N3O7. The molecule has 0 saturated carbocycles. The number of unbranched alkanes of at least 4 members (excludes halogenated alkanes) is 6. The second kappa shape index (κ2) is 19.0. The highest BCUT2D eigenvalue weighted by molar-refractivity contribution is 5.86. The fourth-order valence-corrected chi connectivity index (χ4v) is 3.41. The van der Waals surface area contributed by atoms with E-state index in [0.29, 0.717) is 32.2 Å². The summed E-state index contributed by atoms with van der Waals surface area (Å²) in [5.74, 6) is -2.64. The molecular weight excluding hydrogens is 454 g/mol. The number of hydrogen-bond donors (Lipinski definition) is 4. The van der Waals surface area contributed by atoms with Gasteiger partial charge in [-0.2, -0.15) is 0 Å². The largest absolute Gasteiger partial charge is 0.481 e. The van der Waals surface area contributed by atoms with Crippen molar-refractivity contribution in [3.05, 3.63) is 0 Å². The van der Waals surface area contributed by atoms with Crippen LogP contribution in [0.4, 0.5) is 0 Å². The van der Waals surface area contributed by atoms with Crippen molar-refractivity contribution in [2.45, 2.75) is 110 Å². The lowest BCUT2D eigenvalue weighted by Gasteiger charge is -2.33. The van der Waals surface area contributed by atoms with Crippen molar-refractivity contribution >= 4 is 23.8 Å². The number of carbonyl (C=O) groups is 4. The predicted molar refractivity (Wildman–Crippen MR) is 133 cm³/mol. The topological polar surface area (TPSA) is 171 Å². The van der Waals surface area contributed by atoms with Crippen LogP contribution < -0.4 is 16.8 Å². The molecule has 0 aliphatic carbocycles. The van der Waals surface area contributed by atoms with Gasteiger partial charge in [0.15, 0.2) is 6.10 Å². The summed E-state index contributed by atoms with van der Waals surface area (Å²) in [7, 11) is 0. The van der Waals surface area contributed by atoms with E-state index in [1.54, 1.807) is 13.8 Å². The minimum absolute atomic E-state index is 0.101. The molecule has 0 aromatic heterocycles. The first-order valence-corrected chi connectivity index (χ1v) is 12.9. The van der Waals surface area contributed by atoms with Crippen molar-refractivity contribution in [1.29, 1.82) is 0 Å². The first kappa shape index (κ1) is 32.8. The van der Waals surface area contributed by atoms with Crippen molar-refractivity contribution < 1.29 is 33.8 Å². The molecule has 2 atom stereocenters. The highest BCUT2D eigenvalue weighted by atomic mass is 16.6. The molecule has 1 unspecified atom stereocenters. The number of ether oxygens (including phenoxy) is 2. The number of nitrogens with two attached hydrogens (primary N) is 2. The Hall–Kier alpha value is -2.20. The Morgan fingerprint density at radius 1 is 0.943 bits per heavy atom. The highest BCUT2D eigenvalue weighted by Gasteiger charge is 2.40. The van der Waals surface area contributed by atoms with Gasteiger partial charge in [0.2, 0.25) is 0 Å². The van der Waals surface area contributed by atoms with E-state index in [1.807, 2.05) is 0 Å². The molecule has 0 aromatic carbocycles. The lowest BCUT2D eigenvalue weighted by molar-refractivity contribution is -0.170. The summed E-state index contributed by atoms with van der Waals surface area (Å²) in [4.78, 5) is 48.3. The van der Waals surface area contributed by atoms with Gasteiger partial charge < -0.3 is 31.4 Å². The molecule has 6 N–H and O–H groups in total. The van der Waals surface area contributed by atoms with Crippen LogP contribution in [0.1, 0.15) is 97.8 Å². The maximum atomic E-state index is 12.9. The Labute approximate surface area is 209 Å². The summed E-state index contributed by atoms with van der Waals surface area (Å²) >= 11 is 0. The van der Waals surface area contributed by atoms with Crippen LogP contribution in [0.2, 0.25) is 0 Å². The number of carboxylic acids is 1.